The molecule has 0 spiro atoms. The van der Waals surface area contributed by atoms with Gasteiger partial charge in [0.2, 0.25) is 0 Å². The average molecular weight is 361 g/mol. The molecule has 3 heterocycles. The van der Waals surface area contributed by atoms with Crippen LogP contribution in [0.3, 0.4) is 0 Å². The molecule has 1 aromatic carbocycles. The van der Waals surface area contributed by atoms with Crippen LogP contribution in [0.5, 0.6) is 0 Å². The first-order valence-electron chi connectivity index (χ1n) is 8.69. The van der Waals surface area contributed by atoms with E-state index in [1.54, 1.807) is 11.0 Å². The molecule has 0 unspecified atom stereocenters. The lowest BCUT2D eigenvalue weighted by Crippen LogP contribution is -2.37. The summed E-state index contributed by atoms with van der Waals surface area (Å²) in [4.78, 5) is 32.5. The van der Waals surface area contributed by atoms with Gasteiger partial charge in [-0.05, 0) is 30.2 Å². The number of urea groups is 1. The highest BCUT2D eigenvalue weighted by molar-refractivity contribution is 5.94. The van der Waals surface area contributed by atoms with Crippen molar-refractivity contribution in [2.75, 3.05) is 18.4 Å². The number of nitrogens with one attached hydrogen (secondary N) is 2. The predicted octanol–water partition coefficient (Wildman–Crippen LogP) is 2.98. The zero-order valence-corrected chi connectivity index (χ0v) is 14.6. The Bertz CT molecular complexity index is 1040. The van der Waals surface area contributed by atoms with Gasteiger partial charge < -0.3 is 20.9 Å². The van der Waals surface area contributed by atoms with Crippen LogP contribution in [0, 0.1) is 0 Å². The fraction of sp³-hybridized carbons (Fsp3) is 0.150. The number of benzene rings is 1. The highest BCUT2D eigenvalue weighted by Crippen LogP contribution is 2.29. The fourth-order valence-electron chi connectivity index (χ4n) is 3.25. The van der Waals surface area contributed by atoms with E-state index in [1.807, 2.05) is 18.3 Å². The Morgan fingerprint density at radius 1 is 1.19 bits per heavy atom. The first kappa shape index (κ1) is 16.8. The lowest BCUT2D eigenvalue weighted by molar-refractivity contribution is 0.0995. The van der Waals surface area contributed by atoms with Crippen LogP contribution in [0.25, 0.3) is 16.5 Å². The van der Waals surface area contributed by atoms with Gasteiger partial charge in [0, 0.05) is 35.8 Å². The number of rotatable bonds is 3. The van der Waals surface area contributed by atoms with Gasteiger partial charge in [-0.1, -0.05) is 24.3 Å². The Kier molecular flexibility index (Phi) is 4.33. The smallest absolute Gasteiger partial charge is 0.322 e. The van der Waals surface area contributed by atoms with E-state index < -0.39 is 5.91 Å². The lowest BCUT2D eigenvalue weighted by atomic mass is 9.99. The maximum atomic E-state index is 12.5. The highest BCUT2D eigenvalue weighted by Gasteiger charge is 2.19. The number of hydrogen-bond donors (Lipinski definition) is 3. The van der Waals surface area contributed by atoms with Gasteiger partial charge in [-0.3, -0.25) is 4.79 Å². The number of nitrogens with zero attached hydrogens (tertiary/aromatic N) is 2. The van der Waals surface area contributed by atoms with Crippen molar-refractivity contribution in [3.05, 3.63) is 66.1 Å². The maximum Gasteiger partial charge on any atom is 0.322 e. The molecule has 1 aliphatic rings. The van der Waals surface area contributed by atoms with Crippen LogP contribution < -0.4 is 11.1 Å². The van der Waals surface area contributed by atoms with E-state index in [-0.39, 0.29) is 11.7 Å². The van der Waals surface area contributed by atoms with E-state index in [9.17, 15) is 9.59 Å². The standard InChI is InChI=1S/C20H19N5O2/c21-19(26)18-6-5-14(11-22-18)24-20(27)25-9-7-13(8-10-25)16-12-23-17-4-2-1-3-15(16)17/h1-7,11-12,23H,8-10H2,(H2,21,26)(H,24,27). The summed E-state index contributed by atoms with van der Waals surface area (Å²) in [5.74, 6) is -0.598. The summed E-state index contributed by atoms with van der Waals surface area (Å²) in [6, 6.07) is 11.1. The number of nitrogens with two attached hydrogens (primary N) is 1. The molecule has 1 aliphatic heterocycles. The molecule has 2 aromatic heterocycles. The molecule has 0 saturated carbocycles. The normalized spacial score (nSPS) is 14.1. The third-order valence-corrected chi connectivity index (χ3v) is 4.70. The second-order valence-electron chi connectivity index (χ2n) is 6.40. The van der Waals surface area contributed by atoms with Crippen LogP contribution >= 0.6 is 0 Å². The van der Waals surface area contributed by atoms with Gasteiger partial charge in [-0.25, -0.2) is 9.78 Å². The van der Waals surface area contributed by atoms with Gasteiger partial charge in [-0.2, -0.15) is 0 Å². The van der Waals surface area contributed by atoms with Crippen LogP contribution in [-0.2, 0) is 0 Å². The van der Waals surface area contributed by atoms with E-state index in [1.165, 1.54) is 28.8 Å². The number of pyridine rings is 1. The van der Waals surface area contributed by atoms with Crippen molar-refractivity contribution in [1.29, 1.82) is 0 Å². The number of carbonyl (C=O) groups excluding carboxylic acids is 2. The number of hydrogen-bond acceptors (Lipinski definition) is 3. The van der Waals surface area contributed by atoms with Gasteiger partial charge in [0.15, 0.2) is 0 Å². The second kappa shape index (κ2) is 6.95. The van der Waals surface area contributed by atoms with E-state index in [2.05, 4.69) is 33.5 Å². The first-order valence-corrected chi connectivity index (χ1v) is 8.69. The number of H-pyrrole nitrogens is 1. The molecule has 7 nitrogen and oxygen atoms in total. The number of amides is 3. The summed E-state index contributed by atoms with van der Waals surface area (Å²) in [7, 11) is 0. The molecule has 0 aliphatic carbocycles. The Hall–Kier alpha value is -3.61. The number of fused-ring (bicyclic) bond motifs is 1. The topological polar surface area (TPSA) is 104 Å². The van der Waals surface area contributed by atoms with E-state index in [0.29, 0.717) is 18.8 Å². The minimum absolute atomic E-state index is 0.164. The van der Waals surface area contributed by atoms with Crippen molar-refractivity contribution < 1.29 is 9.59 Å². The molecule has 7 heteroatoms. The number of para-hydroxylation sites is 1. The minimum atomic E-state index is -0.598. The molecule has 4 N–H and O–H groups in total. The van der Waals surface area contributed by atoms with Crippen LogP contribution in [0.4, 0.5) is 10.5 Å². The molecule has 0 saturated heterocycles. The third kappa shape index (κ3) is 3.39. The van der Waals surface area contributed by atoms with Gasteiger partial charge in [0.25, 0.3) is 5.91 Å². The zero-order valence-electron chi connectivity index (χ0n) is 14.6. The minimum Gasteiger partial charge on any atom is -0.364 e. The van der Waals surface area contributed by atoms with Gasteiger partial charge in [0.1, 0.15) is 5.69 Å². The number of carbonyl (C=O) groups is 2. The largest absolute Gasteiger partial charge is 0.364 e. The molecule has 27 heavy (non-hydrogen) atoms. The van der Waals surface area contributed by atoms with Crippen molar-refractivity contribution >= 4 is 34.1 Å². The van der Waals surface area contributed by atoms with E-state index in [4.69, 9.17) is 5.73 Å². The lowest BCUT2D eigenvalue weighted by Gasteiger charge is -2.26. The summed E-state index contributed by atoms with van der Waals surface area (Å²) in [6.45, 7) is 1.16. The maximum absolute atomic E-state index is 12.5. The Morgan fingerprint density at radius 2 is 2.04 bits per heavy atom. The average Bonchev–Trinajstić information content (AvgIpc) is 3.12. The van der Waals surface area contributed by atoms with Crippen LogP contribution in [0.15, 0.2) is 54.9 Å². The van der Waals surface area contributed by atoms with Crippen molar-refractivity contribution in [3.63, 3.8) is 0 Å². The molecule has 3 aromatic rings. The van der Waals surface area contributed by atoms with Crippen molar-refractivity contribution in [1.82, 2.24) is 14.9 Å². The fourth-order valence-corrected chi connectivity index (χ4v) is 3.25. The van der Waals surface area contributed by atoms with Crippen LogP contribution in [0.1, 0.15) is 22.5 Å². The molecule has 0 bridgehead atoms. The molecule has 0 radical (unpaired) electrons. The first-order chi connectivity index (χ1) is 13.1. The molecule has 0 atom stereocenters. The van der Waals surface area contributed by atoms with Gasteiger partial charge in [0.05, 0.1) is 11.9 Å². The number of aromatic amines is 1. The summed E-state index contributed by atoms with van der Waals surface area (Å²) in [5.41, 5.74) is 9.40. The molecule has 0 fully saturated rings. The number of aromatic nitrogens is 2. The summed E-state index contributed by atoms with van der Waals surface area (Å²) >= 11 is 0. The quantitative estimate of drug-likeness (QED) is 0.668. The van der Waals surface area contributed by atoms with Gasteiger partial charge in [-0.15, -0.1) is 0 Å². The van der Waals surface area contributed by atoms with Crippen molar-refractivity contribution in [2.45, 2.75) is 6.42 Å². The molecular weight excluding hydrogens is 342 g/mol. The summed E-state index contributed by atoms with van der Waals surface area (Å²) in [5, 5.41) is 3.99. The zero-order chi connectivity index (χ0) is 18.8. The van der Waals surface area contributed by atoms with E-state index >= 15 is 0 Å². The second-order valence-corrected chi connectivity index (χ2v) is 6.40. The monoisotopic (exact) mass is 361 g/mol. The van der Waals surface area contributed by atoms with Crippen molar-refractivity contribution in [3.8, 4) is 0 Å². The molecule has 3 amide bonds. The third-order valence-electron chi connectivity index (χ3n) is 4.70. The van der Waals surface area contributed by atoms with Crippen LogP contribution in [0.2, 0.25) is 0 Å². The van der Waals surface area contributed by atoms with Crippen LogP contribution in [-0.4, -0.2) is 39.9 Å². The predicted molar refractivity (Wildman–Crippen MR) is 104 cm³/mol. The Labute approximate surface area is 155 Å². The van der Waals surface area contributed by atoms with Gasteiger partial charge >= 0.3 is 6.03 Å². The number of primary amides is 1. The summed E-state index contributed by atoms with van der Waals surface area (Å²) < 4.78 is 0. The number of anilines is 1. The molecular formula is C20H19N5O2. The van der Waals surface area contributed by atoms with E-state index in [0.717, 1.165) is 11.9 Å². The summed E-state index contributed by atoms with van der Waals surface area (Å²) in [6.07, 6.45) is 6.33. The Morgan fingerprint density at radius 3 is 2.74 bits per heavy atom. The van der Waals surface area contributed by atoms with Crippen molar-refractivity contribution in [2.24, 2.45) is 5.73 Å². The molecule has 136 valence electrons. The Balaban J connectivity index is 1.43. The molecule has 4 rings (SSSR count). The highest BCUT2D eigenvalue weighted by atomic mass is 16.2. The SMILES string of the molecule is NC(=O)c1ccc(NC(=O)N2CC=C(c3c[nH]c4ccccc34)CC2)cn1.